The van der Waals surface area contributed by atoms with Crippen LogP contribution in [0.5, 0.6) is 0 Å². The van der Waals surface area contributed by atoms with Gasteiger partial charge in [0.15, 0.2) is 5.65 Å². The molecule has 0 saturated heterocycles. The van der Waals surface area contributed by atoms with Crippen LogP contribution >= 0.6 is 0 Å². The predicted octanol–water partition coefficient (Wildman–Crippen LogP) is 2.07. The van der Waals surface area contributed by atoms with E-state index in [1.54, 1.807) is 10.9 Å². The second kappa shape index (κ2) is 7.20. The van der Waals surface area contributed by atoms with E-state index in [2.05, 4.69) is 27.3 Å². The number of nitrogens with one attached hydrogen (secondary N) is 1. The van der Waals surface area contributed by atoms with Gasteiger partial charge in [0.2, 0.25) is 0 Å². The number of aromatic nitrogens is 4. The molecule has 7 heteroatoms. The summed E-state index contributed by atoms with van der Waals surface area (Å²) in [5.41, 5.74) is 0.765. The van der Waals surface area contributed by atoms with E-state index in [-0.39, 0.29) is 5.97 Å². The van der Waals surface area contributed by atoms with Crippen LogP contribution in [-0.2, 0) is 23.0 Å². The Hall–Kier alpha value is -2.18. The first-order valence-corrected chi connectivity index (χ1v) is 7.63. The number of aryl methyl sites for hydroxylation is 2. The number of carbonyl (C=O) groups excluding carboxylic acids is 1. The van der Waals surface area contributed by atoms with Crippen LogP contribution in [-0.4, -0.2) is 38.9 Å². The molecule has 0 bridgehead atoms. The van der Waals surface area contributed by atoms with Gasteiger partial charge < -0.3 is 10.1 Å². The number of hydrogen-bond acceptors (Lipinski definition) is 6. The van der Waals surface area contributed by atoms with Gasteiger partial charge >= 0.3 is 5.97 Å². The van der Waals surface area contributed by atoms with E-state index in [0.29, 0.717) is 12.2 Å². The molecule has 0 aliphatic rings. The number of methoxy groups -OCH3 is 1. The average Bonchev–Trinajstić information content (AvgIpc) is 2.88. The zero-order valence-electron chi connectivity index (χ0n) is 13.6. The summed E-state index contributed by atoms with van der Waals surface area (Å²) >= 11 is 0. The summed E-state index contributed by atoms with van der Waals surface area (Å²) in [6.07, 6.45) is 5.01. The van der Waals surface area contributed by atoms with Gasteiger partial charge in [-0.3, -0.25) is 4.68 Å². The van der Waals surface area contributed by atoms with Crippen LogP contribution < -0.4 is 5.32 Å². The highest BCUT2D eigenvalue weighted by Crippen LogP contribution is 2.21. The van der Waals surface area contributed by atoms with Crippen LogP contribution in [0.15, 0.2) is 6.20 Å². The molecule has 0 aliphatic heterocycles. The van der Waals surface area contributed by atoms with Crippen molar-refractivity contribution in [1.29, 1.82) is 0 Å². The summed E-state index contributed by atoms with van der Waals surface area (Å²) in [5, 5.41) is 8.25. The molecule has 0 aliphatic carbocycles. The smallest absolute Gasteiger partial charge is 0.328 e. The van der Waals surface area contributed by atoms with E-state index in [1.165, 1.54) is 7.11 Å². The van der Waals surface area contributed by atoms with Crippen molar-refractivity contribution in [1.82, 2.24) is 19.7 Å². The Morgan fingerprint density at radius 1 is 1.36 bits per heavy atom. The third kappa shape index (κ3) is 3.35. The molecule has 0 amide bonds. The molecule has 0 aromatic carbocycles. The summed E-state index contributed by atoms with van der Waals surface area (Å²) in [4.78, 5) is 21.0. The van der Waals surface area contributed by atoms with E-state index in [9.17, 15) is 4.79 Å². The van der Waals surface area contributed by atoms with Crippen LogP contribution in [0.2, 0.25) is 0 Å². The third-order valence-electron chi connectivity index (χ3n) is 3.49. The fourth-order valence-corrected chi connectivity index (χ4v) is 2.36. The monoisotopic (exact) mass is 305 g/mol. The lowest BCUT2D eigenvalue weighted by Gasteiger charge is -2.17. The molecular formula is C15H23N5O2. The lowest BCUT2D eigenvalue weighted by atomic mass is 10.1. The Morgan fingerprint density at radius 3 is 2.77 bits per heavy atom. The van der Waals surface area contributed by atoms with Gasteiger partial charge in [0.05, 0.1) is 18.7 Å². The number of carbonyl (C=O) groups is 1. The minimum Gasteiger partial charge on any atom is -0.467 e. The summed E-state index contributed by atoms with van der Waals surface area (Å²) in [7, 11) is 3.24. The Kier molecular flexibility index (Phi) is 5.30. The molecule has 1 atom stereocenters. The largest absolute Gasteiger partial charge is 0.467 e. The lowest BCUT2D eigenvalue weighted by Crippen LogP contribution is -2.31. The second-order valence-corrected chi connectivity index (χ2v) is 5.25. The van der Waals surface area contributed by atoms with Crippen molar-refractivity contribution < 1.29 is 9.53 Å². The van der Waals surface area contributed by atoms with E-state index in [0.717, 1.165) is 36.1 Å². The molecule has 0 unspecified atom stereocenters. The fraction of sp³-hybridized carbons (Fsp3) is 0.600. The average molecular weight is 305 g/mol. The molecular weight excluding hydrogens is 282 g/mol. The predicted molar refractivity (Wildman–Crippen MR) is 84.6 cm³/mol. The number of anilines is 1. The lowest BCUT2D eigenvalue weighted by molar-refractivity contribution is -0.141. The first-order chi connectivity index (χ1) is 10.6. The summed E-state index contributed by atoms with van der Waals surface area (Å²) in [6.45, 7) is 4.11. The number of esters is 1. The van der Waals surface area contributed by atoms with Gasteiger partial charge in [-0.2, -0.15) is 5.10 Å². The van der Waals surface area contributed by atoms with E-state index in [4.69, 9.17) is 4.74 Å². The van der Waals surface area contributed by atoms with Gasteiger partial charge in [0.25, 0.3) is 0 Å². The standard InChI is InChI=1S/C15H23N5O2/c1-5-7-11(15(21)22-4)17-13-10-9-16-20(3)14(10)19-12(18-13)8-6-2/h9,11H,5-8H2,1-4H3,(H,17,18,19)/t11-/m0/s1. The van der Waals surface area contributed by atoms with Crippen molar-refractivity contribution in [2.75, 3.05) is 12.4 Å². The van der Waals surface area contributed by atoms with Crippen LogP contribution in [0.1, 0.15) is 38.9 Å². The van der Waals surface area contributed by atoms with Gasteiger partial charge in [-0.25, -0.2) is 14.8 Å². The van der Waals surface area contributed by atoms with Gasteiger partial charge in [0, 0.05) is 13.5 Å². The van der Waals surface area contributed by atoms with Crippen LogP contribution in [0.4, 0.5) is 5.82 Å². The van der Waals surface area contributed by atoms with Crippen molar-refractivity contribution >= 4 is 22.8 Å². The van der Waals surface area contributed by atoms with E-state index >= 15 is 0 Å². The number of fused-ring (bicyclic) bond motifs is 1. The summed E-state index contributed by atoms with van der Waals surface area (Å²) in [6, 6.07) is -0.414. The molecule has 7 nitrogen and oxygen atoms in total. The van der Waals surface area contributed by atoms with Gasteiger partial charge in [-0.1, -0.05) is 20.3 Å². The highest BCUT2D eigenvalue weighted by atomic mass is 16.5. The SMILES string of the molecule is CCCc1nc(N[C@@H](CCC)C(=O)OC)c2cnn(C)c2n1. The Balaban J connectivity index is 2.41. The van der Waals surface area contributed by atoms with Gasteiger partial charge in [-0.15, -0.1) is 0 Å². The molecule has 1 N–H and O–H groups in total. The molecule has 2 aromatic heterocycles. The molecule has 2 rings (SSSR count). The van der Waals surface area contributed by atoms with Crippen molar-refractivity contribution in [3.05, 3.63) is 12.0 Å². The first kappa shape index (κ1) is 16.2. The minimum absolute atomic E-state index is 0.283. The molecule has 0 radical (unpaired) electrons. The van der Waals surface area contributed by atoms with Crippen molar-refractivity contribution in [3.63, 3.8) is 0 Å². The third-order valence-corrected chi connectivity index (χ3v) is 3.49. The quantitative estimate of drug-likeness (QED) is 0.789. The Bertz CT molecular complexity index is 653. The van der Waals surface area contributed by atoms with Crippen molar-refractivity contribution in [2.45, 2.75) is 45.6 Å². The van der Waals surface area contributed by atoms with E-state index < -0.39 is 6.04 Å². The van der Waals surface area contributed by atoms with Crippen LogP contribution in [0.3, 0.4) is 0 Å². The molecule has 0 saturated carbocycles. The van der Waals surface area contributed by atoms with Crippen LogP contribution in [0, 0.1) is 0 Å². The van der Waals surface area contributed by atoms with Crippen molar-refractivity contribution in [3.8, 4) is 0 Å². The summed E-state index contributed by atoms with van der Waals surface area (Å²) in [5.74, 6) is 1.11. The molecule has 120 valence electrons. The number of rotatable bonds is 7. The molecule has 22 heavy (non-hydrogen) atoms. The number of ether oxygens (including phenoxy) is 1. The van der Waals surface area contributed by atoms with Crippen LogP contribution in [0.25, 0.3) is 11.0 Å². The maximum absolute atomic E-state index is 11.9. The topological polar surface area (TPSA) is 81.9 Å². The molecule has 2 heterocycles. The molecule has 2 aromatic rings. The minimum atomic E-state index is -0.414. The molecule has 0 fully saturated rings. The van der Waals surface area contributed by atoms with Gasteiger partial charge in [0.1, 0.15) is 17.7 Å². The highest BCUT2D eigenvalue weighted by molar-refractivity contribution is 5.89. The molecule has 0 spiro atoms. The summed E-state index contributed by atoms with van der Waals surface area (Å²) < 4.78 is 6.58. The van der Waals surface area contributed by atoms with Crippen molar-refractivity contribution in [2.24, 2.45) is 7.05 Å². The number of hydrogen-bond donors (Lipinski definition) is 1. The zero-order valence-corrected chi connectivity index (χ0v) is 13.6. The van der Waals surface area contributed by atoms with E-state index in [1.807, 2.05) is 14.0 Å². The maximum atomic E-state index is 11.9. The zero-order chi connectivity index (χ0) is 16.1. The fourth-order valence-electron chi connectivity index (χ4n) is 2.36. The second-order valence-electron chi connectivity index (χ2n) is 5.25. The maximum Gasteiger partial charge on any atom is 0.328 e. The Labute approximate surface area is 130 Å². The number of nitrogens with zero attached hydrogens (tertiary/aromatic N) is 4. The Morgan fingerprint density at radius 2 is 2.14 bits per heavy atom. The van der Waals surface area contributed by atoms with Gasteiger partial charge in [-0.05, 0) is 12.8 Å². The first-order valence-electron chi connectivity index (χ1n) is 7.63. The highest BCUT2D eigenvalue weighted by Gasteiger charge is 2.21. The normalized spacial score (nSPS) is 12.4.